The summed E-state index contributed by atoms with van der Waals surface area (Å²) >= 11 is 6.05. The van der Waals surface area contributed by atoms with Crippen LogP contribution in [0.1, 0.15) is 25.3 Å². The van der Waals surface area contributed by atoms with Crippen LogP contribution >= 0.6 is 11.6 Å². The van der Waals surface area contributed by atoms with Crippen LogP contribution in [0, 0.1) is 0 Å². The maximum atomic E-state index is 12.4. The third-order valence-corrected chi connectivity index (χ3v) is 5.40. The van der Waals surface area contributed by atoms with E-state index < -0.39 is 10.0 Å². The molecular weight excluding hydrogens is 312 g/mol. The predicted octanol–water partition coefficient (Wildman–Crippen LogP) is 1.91. The molecule has 118 valence electrons. The van der Waals surface area contributed by atoms with Crippen molar-refractivity contribution in [2.24, 2.45) is 0 Å². The van der Waals surface area contributed by atoms with Crippen molar-refractivity contribution in [3.05, 3.63) is 28.8 Å². The van der Waals surface area contributed by atoms with Gasteiger partial charge in [0.2, 0.25) is 10.0 Å². The molecule has 1 aliphatic carbocycles. The number of hydrogen-bond donors (Lipinski definition) is 2. The normalized spacial score (nSPS) is 22.0. The van der Waals surface area contributed by atoms with Crippen LogP contribution in [-0.4, -0.2) is 34.2 Å². The van der Waals surface area contributed by atoms with Crippen LogP contribution in [-0.2, 0) is 21.3 Å². The summed E-state index contributed by atoms with van der Waals surface area (Å²) in [4.78, 5) is 0.247. The minimum atomic E-state index is -3.51. The Morgan fingerprint density at radius 3 is 2.71 bits per heavy atom. The third-order valence-electron chi connectivity index (χ3n) is 3.51. The van der Waals surface area contributed by atoms with Gasteiger partial charge in [0.15, 0.2) is 0 Å². The molecule has 0 saturated heterocycles. The fourth-order valence-corrected chi connectivity index (χ4v) is 3.86. The molecule has 1 saturated carbocycles. The molecule has 21 heavy (non-hydrogen) atoms. The predicted molar refractivity (Wildman–Crippen MR) is 83.0 cm³/mol. The van der Waals surface area contributed by atoms with E-state index in [4.69, 9.17) is 16.3 Å². The molecular formula is C14H21ClN2O3S. The minimum absolute atomic E-state index is 0.0463. The Hall–Kier alpha value is -0.660. The SMILES string of the molecule is CCOC1CC(NS(=O)(=O)c2ccc(Cl)c(CNC)c2)C1. The van der Waals surface area contributed by atoms with Gasteiger partial charge in [-0.1, -0.05) is 11.6 Å². The number of sulfonamides is 1. The number of hydrogen-bond acceptors (Lipinski definition) is 4. The van der Waals surface area contributed by atoms with Gasteiger partial charge >= 0.3 is 0 Å². The molecule has 2 N–H and O–H groups in total. The second-order valence-corrected chi connectivity index (χ2v) is 7.27. The van der Waals surface area contributed by atoms with Crippen molar-refractivity contribution < 1.29 is 13.2 Å². The lowest BCUT2D eigenvalue weighted by Gasteiger charge is -2.35. The van der Waals surface area contributed by atoms with E-state index in [1.807, 2.05) is 6.92 Å². The lowest BCUT2D eigenvalue weighted by atomic mass is 9.90. The van der Waals surface area contributed by atoms with E-state index in [1.165, 1.54) is 6.07 Å². The van der Waals surface area contributed by atoms with Gasteiger partial charge in [-0.25, -0.2) is 13.1 Å². The van der Waals surface area contributed by atoms with Crippen molar-refractivity contribution in [2.75, 3.05) is 13.7 Å². The number of nitrogens with one attached hydrogen (secondary N) is 2. The van der Waals surface area contributed by atoms with Gasteiger partial charge in [0.05, 0.1) is 11.0 Å². The maximum Gasteiger partial charge on any atom is 0.240 e. The Morgan fingerprint density at radius 2 is 2.10 bits per heavy atom. The fourth-order valence-electron chi connectivity index (χ4n) is 2.37. The Labute approximate surface area is 131 Å². The molecule has 0 amide bonds. The van der Waals surface area contributed by atoms with E-state index in [9.17, 15) is 8.42 Å². The lowest BCUT2D eigenvalue weighted by Crippen LogP contribution is -2.47. The zero-order valence-electron chi connectivity index (χ0n) is 12.2. The minimum Gasteiger partial charge on any atom is -0.378 e. The Morgan fingerprint density at radius 1 is 1.38 bits per heavy atom. The summed E-state index contributed by atoms with van der Waals surface area (Å²) in [6, 6.07) is 4.71. The van der Waals surface area contributed by atoms with Gasteiger partial charge < -0.3 is 10.1 Å². The first-order valence-electron chi connectivity index (χ1n) is 7.03. The van der Waals surface area contributed by atoms with Crippen molar-refractivity contribution in [3.63, 3.8) is 0 Å². The van der Waals surface area contributed by atoms with Gasteiger partial charge in [-0.05, 0) is 50.6 Å². The second kappa shape index (κ2) is 7.07. The van der Waals surface area contributed by atoms with Crippen LogP contribution in [0.5, 0.6) is 0 Å². The standard InChI is InChI=1S/C14H21ClN2O3S/c1-3-20-12-7-11(8-12)17-21(18,19)13-4-5-14(15)10(6-13)9-16-2/h4-6,11-12,16-17H,3,7-9H2,1-2H3. The Balaban J connectivity index is 2.05. The highest BCUT2D eigenvalue weighted by atomic mass is 35.5. The van der Waals surface area contributed by atoms with Crippen molar-refractivity contribution >= 4 is 21.6 Å². The van der Waals surface area contributed by atoms with Gasteiger partial charge in [-0.2, -0.15) is 0 Å². The molecule has 0 aliphatic heterocycles. The smallest absolute Gasteiger partial charge is 0.240 e. The van der Waals surface area contributed by atoms with Gasteiger partial charge in [0.1, 0.15) is 0 Å². The molecule has 0 spiro atoms. The molecule has 0 aromatic heterocycles. The summed E-state index contributed by atoms with van der Waals surface area (Å²) in [6.07, 6.45) is 1.63. The molecule has 1 aromatic carbocycles. The summed E-state index contributed by atoms with van der Waals surface area (Å²) < 4.78 is 32.9. The van der Waals surface area contributed by atoms with Crippen LogP contribution in [0.25, 0.3) is 0 Å². The zero-order chi connectivity index (χ0) is 15.5. The molecule has 0 heterocycles. The highest BCUT2D eigenvalue weighted by Gasteiger charge is 2.33. The molecule has 0 unspecified atom stereocenters. The maximum absolute atomic E-state index is 12.4. The largest absolute Gasteiger partial charge is 0.378 e. The molecule has 1 fully saturated rings. The molecule has 1 aliphatic rings. The molecule has 1 aromatic rings. The van der Waals surface area contributed by atoms with Crippen molar-refractivity contribution in [1.29, 1.82) is 0 Å². The highest BCUT2D eigenvalue weighted by molar-refractivity contribution is 7.89. The summed E-state index contributed by atoms with van der Waals surface area (Å²) in [7, 11) is -1.72. The fraction of sp³-hybridized carbons (Fsp3) is 0.571. The van der Waals surface area contributed by atoms with E-state index in [1.54, 1.807) is 19.2 Å². The van der Waals surface area contributed by atoms with E-state index in [0.717, 1.165) is 18.4 Å². The van der Waals surface area contributed by atoms with Crippen LogP contribution in [0.2, 0.25) is 5.02 Å². The monoisotopic (exact) mass is 332 g/mol. The second-order valence-electron chi connectivity index (χ2n) is 5.15. The molecule has 0 atom stereocenters. The number of ether oxygens (including phenoxy) is 1. The average molecular weight is 333 g/mol. The number of rotatable bonds is 7. The summed E-state index contributed by atoms with van der Waals surface area (Å²) in [6.45, 7) is 3.13. The van der Waals surface area contributed by atoms with Gasteiger partial charge in [0, 0.05) is 24.2 Å². The molecule has 2 rings (SSSR count). The van der Waals surface area contributed by atoms with Gasteiger partial charge in [-0.15, -0.1) is 0 Å². The summed E-state index contributed by atoms with van der Waals surface area (Å²) in [5, 5.41) is 3.53. The molecule has 7 heteroatoms. The summed E-state index contributed by atoms with van der Waals surface area (Å²) in [5.74, 6) is 0. The van der Waals surface area contributed by atoms with Gasteiger partial charge in [0.25, 0.3) is 0 Å². The van der Waals surface area contributed by atoms with Crippen molar-refractivity contribution in [2.45, 2.75) is 43.4 Å². The van der Waals surface area contributed by atoms with E-state index in [0.29, 0.717) is 18.2 Å². The average Bonchev–Trinajstić information content (AvgIpc) is 2.39. The first-order valence-corrected chi connectivity index (χ1v) is 8.89. The number of benzene rings is 1. The van der Waals surface area contributed by atoms with Gasteiger partial charge in [-0.3, -0.25) is 0 Å². The zero-order valence-corrected chi connectivity index (χ0v) is 13.8. The van der Waals surface area contributed by atoms with E-state index in [2.05, 4.69) is 10.0 Å². The topological polar surface area (TPSA) is 67.4 Å². The van der Waals surface area contributed by atoms with Crippen LogP contribution in [0.4, 0.5) is 0 Å². The quantitative estimate of drug-likeness (QED) is 0.800. The Kier molecular flexibility index (Phi) is 5.62. The Bertz CT molecular complexity index is 586. The van der Waals surface area contributed by atoms with Crippen molar-refractivity contribution in [1.82, 2.24) is 10.0 Å². The van der Waals surface area contributed by atoms with Crippen LogP contribution < -0.4 is 10.0 Å². The molecule has 0 bridgehead atoms. The number of halogens is 1. The van der Waals surface area contributed by atoms with E-state index >= 15 is 0 Å². The first-order chi connectivity index (χ1) is 9.96. The van der Waals surface area contributed by atoms with Crippen LogP contribution in [0.15, 0.2) is 23.1 Å². The molecule has 0 radical (unpaired) electrons. The summed E-state index contributed by atoms with van der Waals surface area (Å²) in [5.41, 5.74) is 0.767. The van der Waals surface area contributed by atoms with Crippen LogP contribution in [0.3, 0.4) is 0 Å². The highest BCUT2D eigenvalue weighted by Crippen LogP contribution is 2.26. The molecule has 5 nitrogen and oxygen atoms in total. The first kappa shape index (κ1) is 16.7. The lowest BCUT2D eigenvalue weighted by molar-refractivity contribution is -0.00475. The van der Waals surface area contributed by atoms with Crippen molar-refractivity contribution in [3.8, 4) is 0 Å². The third kappa shape index (κ3) is 4.17. The van der Waals surface area contributed by atoms with E-state index in [-0.39, 0.29) is 17.0 Å².